The van der Waals surface area contributed by atoms with E-state index in [-0.39, 0.29) is 11.6 Å². The van der Waals surface area contributed by atoms with Crippen LogP contribution in [0.15, 0.2) is 60.8 Å². The van der Waals surface area contributed by atoms with E-state index in [4.69, 9.17) is 4.74 Å². The van der Waals surface area contributed by atoms with Crippen molar-refractivity contribution in [1.29, 1.82) is 0 Å². The second-order valence-electron chi connectivity index (χ2n) is 6.71. The molecule has 0 aliphatic carbocycles. The maximum absolute atomic E-state index is 12.7. The Kier molecular flexibility index (Phi) is 5.20. The van der Waals surface area contributed by atoms with E-state index in [1.807, 2.05) is 12.1 Å². The van der Waals surface area contributed by atoms with Crippen molar-refractivity contribution in [3.63, 3.8) is 0 Å². The largest absolute Gasteiger partial charge is 0.465 e. The highest BCUT2D eigenvalue weighted by Crippen LogP contribution is 2.22. The Labute approximate surface area is 168 Å². The lowest BCUT2D eigenvalue weighted by Crippen LogP contribution is -2.32. The molecule has 0 bridgehead atoms. The van der Waals surface area contributed by atoms with Crippen LogP contribution in [0.25, 0.3) is 0 Å². The van der Waals surface area contributed by atoms with Gasteiger partial charge in [-0.3, -0.25) is 4.79 Å². The minimum absolute atomic E-state index is 0.261. The predicted molar refractivity (Wildman–Crippen MR) is 109 cm³/mol. The Morgan fingerprint density at radius 2 is 1.90 bits per heavy atom. The normalized spacial score (nSPS) is 12.8. The van der Waals surface area contributed by atoms with E-state index in [2.05, 4.69) is 32.3 Å². The fourth-order valence-corrected chi connectivity index (χ4v) is 3.33. The topological polar surface area (TPSA) is 84.4 Å². The monoisotopic (exact) mass is 388 g/mol. The molecule has 3 aromatic rings. The van der Waals surface area contributed by atoms with Gasteiger partial charge in [0.1, 0.15) is 5.69 Å². The predicted octanol–water partition coefficient (Wildman–Crippen LogP) is 3.08. The van der Waals surface area contributed by atoms with E-state index in [0.717, 1.165) is 13.0 Å². The lowest BCUT2D eigenvalue weighted by Gasteiger charge is -2.28. The number of aromatic nitrogens is 2. The van der Waals surface area contributed by atoms with Gasteiger partial charge in [0, 0.05) is 25.0 Å². The molecule has 1 aliphatic rings. The van der Waals surface area contributed by atoms with Gasteiger partial charge in [0.15, 0.2) is 0 Å². The number of amides is 1. The number of nitrogens with zero attached hydrogens (tertiary/aromatic N) is 3. The van der Waals surface area contributed by atoms with Gasteiger partial charge >= 0.3 is 5.97 Å². The van der Waals surface area contributed by atoms with Crippen molar-refractivity contribution >= 4 is 23.5 Å². The van der Waals surface area contributed by atoms with Crippen LogP contribution in [0.5, 0.6) is 0 Å². The van der Waals surface area contributed by atoms with E-state index >= 15 is 0 Å². The molecular formula is C22H20N4O3. The van der Waals surface area contributed by atoms with Crippen LogP contribution in [0.4, 0.5) is 11.6 Å². The number of esters is 1. The number of rotatable bonds is 4. The molecule has 1 amide bonds. The number of hydrogen-bond donors (Lipinski definition) is 1. The van der Waals surface area contributed by atoms with Crippen molar-refractivity contribution < 1.29 is 14.3 Å². The molecule has 0 atom stereocenters. The number of benzene rings is 2. The van der Waals surface area contributed by atoms with Gasteiger partial charge in [-0.2, -0.15) is 0 Å². The molecule has 0 radical (unpaired) electrons. The molecule has 29 heavy (non-hydrogen) atoms. The Bertz CT molecular complexity index is 1070. The zero-order valence-electron chi connectivity index (χ0n) is 16.0. The zero-order chi connectivity index (χ0) is 20.2. The van der Waals surface area contributed by atoms with Gasteiger partial charge in [-0.15, -0.1) is 0 Å². The second kappa shape index (κ2) is 8.10. The van der Waals surface area contributed by atoms with E-state index < -0.39 is 5.97 Å². The number of fused-ring (bicyclic) bond motifs is 1. The number of nitrogens with one attached hydrogen (secondary N) is 1. The summed E-state index contributed by atoms with van der Waals surface area (Å²) >= 11 is 0. The molecule has 0 spiro atoms. The summed E-state index contributed by atoms with van der Waals surface area (Å²) in [4.78, 5) is 35.2. The van der Waals surface area contributed by atoms with Gasteiger partial charge in [0.25, 0.3) is 5.91 Å². The number of hydrogen-bond acceptors (Lipinski definition) is 6. The summed E-state index contributed by atoms with van der Waals surface area (Å²) in [6.45, 7) is 1.51. The maximum atomic E-state index is 12.7. The average Bonchev–Trinajstić information content (AvgIpc) is 2.78. The molecule has 0 saturated heterocycles. The number of carbonyl (C=O) groups is 2. The summed E-state index contributed by atoms with van der Waals surface area (Å²) in [6, 6.07) is 16.5. The SMILES string of the molecule is COC(=O)c1cccc(NC(=O)c2ccnc(N3CCc4ccccc4C3)n2)c1. The fraction of sp³-hybridized carbons (Fsp3) is 0.182. The molecule has 0 unspecified atom stereocenters. The molecule has 2 heterocycles. The zero-order valence-corrected chi connectivity index (χ0v) is 16.0. The summed E-state index contributed by atoms with van der Waals surface area (Å²) in [6.07, 6.45) is 2.50. The first kappa shape index (κ1) is 18.6. The van der Waals surface area contributed by atoms with Crippen molar-refractivity contribution in [3.05, 3.63) is 83.2 Å². The van der Waals surface area contributed by atoms with Crippen molar-refractivity contribution in [2.45, 2.75) is 13.0 Å². The third-order valence-electron chi connectivity index (χ3n) is 4.83. The second-order valence-corrected chi connectivity index (χ2v) is 6.71. The molecule has 1 N–H and O–H groups in total. The first-order valence-electron chi connectivity index (χ1n) is 9.28. The molecule has 0 saturated carbocycles. The lowest BCUT2D eigenvalue weighted by molar-refractivity contribution is 0.0600. The van der Waals surface area contributed by atoms with Crippen LogP contribution >= 0.6 is 0 Å². The lowest BCUT2D eigenvalue weighted by atomic mass is 10.0. The minimum Gasteiger partial charge on any atom is -0.465 e. The summed E-state index contributed by atoms with van der Waals surface area (Å²) in [5, 5.41) is 2.77. The molecule has 0 fully saturated rings. The van der Waals surface area contributed by atoms with Gasteiger partial charge in [-0.1, -0.05) is 30.3 Å². The molecule has 7 heteroatoms. The van der Waals surface area contributed by atoms with E-state index in [0.29, 0.717) is 23.7 Å². The summed E-state index contributed by atoms with van der Waals surface area (Å²) in [7, 11) is 1.31. The van der Waals surface area contributed by atoms with Crippen LogP contribution in [0, 0.1) is 0 Å². The Balaban J connectivity index is 1.50. The van der Waals surface area contributed by atoms with Crippen LogP contribution in [0.3, 0.4) is 0 Å². The van der Waals surface area contributed by atoms with Crippen LogP contribution in [-0.2, 0) is 17.7 Å². The number of methoxy groups -OCH3 is 1. The summed E-state index contributed by atoms with van der Waals surface area (Å²) < 4.78 is 4.71. The smallest absolute Gasteiger partial charge is 0.337 e. The minimum atomic E-state index is -0.462. The molecule has 1 aromatic heterocycles. The number of carbonyl (C=O) groups excluding carboxylic acids is 2. The van der Waals surface area contributed by atoms with Gasteiger partial charge in [0.2, 0.25) is 5.95 Å². The highest BCUT2D eigenvalue weighted by atomic mass is 16.5. The van der Waals surface area contributed by atoms with Crippen molar-refractivity contribution in [2.75, 3.05) is 23.9 Å². The van der Waals surface area contributed by atoms with Crippen molar-refractivity contribution in [2.24, 2.45) is 0 Å². The van der Waals surface area contributed by atoms with Crippen molar-refractivity contribution in [1.82, 2.24) is 9.97 Å². The summed E-state index contributed by atoms with van der Waals surface area (Å²) in [5.74, 6) is -0.306. The Hall–Kier alpha value is -3.74. The van der Waals surface area contributed by atoms with Gasteiger partial charge in [-0.25, -0.2) is 14.8 Å². The standard InChI is InChI=1S/C22H20N4O3/c1-29-21(28)16-7-4-8-18(13-16)24-20(27)19-9-11-23-22(25-19)26-12-10-15-5-2-3-6-17(15)14-26/h2-9,11,13H,10,12,14H2,1H3,(H,24,27). The van der Waals surface area contributed by atoms with E-state index in [9.17, 15) is 9.59 Å². The van der Waals surface area contributed by atoms with Crippen LogP contribution in [-0.4, -0.2) is 35.5 Å². The van der Waals surface area contributed by atoms with Crippen LogP contribution < -0.4 is 10.2 Å². The highest BCUT2D eigenvalue weighted by Gasteiger charge is 2.19. The van der Waals surface area contributed by atoms with E-state index in [1.165, 1.54) is 18.2 Å². The van der Waals surface area contributed by atoms with Gasteiger partial charge in [-0.05, 0) is 41.8 Å². The van der Waals surface area contributed by atoms with Crippen LogP contribution in [0.1, 0.15) is 32.0 Å². The quantitative estimate of drug-likeness (QED) is 0.692. The first-order valence-corrected chi connectivity index (χ1v) is 9.28. The number of anilines is 2. The maximum Gasteiger partial charge on any atom is 0.337 e. The summed E-state index contributed by atoms with van der Waals surface area (Å²) in [5.41, 5.74) is 3.70. The Morgan fingerprint density at radius 1 is 1.07 bits per heavy atom. The fourth-order valence-electron chi connectivity index (χ4n) is 3.33. The van der Waals surface area contributed by atoms with E-state index in [1.54, 1.807) is 36.5 Å². The Morgan fingerprint density at radius 3 is 2.72 bits per heavy atom. The average molecular weight is 388 g/mol. The molecule has 4 rings (SSSR count). The van der Waals surface area contributed by atoms with Gasteiger partial charge < -0.3 is 15.0 Å². The molecule has 7 nitrogen and oxygen atoms in total. The molecule has 2 aromatic carbocycles. The molecular weight excluding hydrogens is 368 g/mol. The molecule has 1 aliphatic heterocycles. The van der Waals surface area contributed by atoms with Crippen molar-refractivity contribution in [3.8, 4) is 0 Å². The van der Waals surface area contributed by atoms with Gasteiger partial charge in [0.05, 0.1) is 12.7 Å². The number of ether oxygens (including phenoxy) is 1. The first-order chi connectivity index (χ1) is 14.1. The third kappa shape index (κ3) is 4.08. The molecule has 146 valence electrons. The van der Waals surface area contributed by atoms with Crippen LogP contribution in [0.2, 0.25) is 0 Å². The third-order valence-corrected chi connectivity index (χ3v) is 4.83. The highest BCUT2D eigenvalue weighted by molar-refractivity contribution is 6.03.